The Morgan fingerprint density at radius 2 is 2.03 bits per heavy atom. The summed E-state index contributed by atoms with van der Waals surface area (Å²) in [6.07, 6.45) is 2.53. The lowest BCUT2D eigenvalue weighted by molar-refractivity contribution is 0.0331. The molecule has 1 saturated heterocycles. The van der Waals surface area contributed by atoms with Gasteiger partial charge in [-0.15, -0.1) is 22.7 Å². The Labute approximate surface area is 177 Å². The van der Waals surface area contributed by atoms with Crippen LogP contribution < -0.4 is 5.32 Å². The molecule has 1 aliphatic rings. The van der Waals surface area contributed by atoms with Crippen LogP contribution in [0.25, 0.3) is 20.7 Å². The Kier molecular flexibility index (Phi) is 5.58. The van der Waals surface area contributed by atoms with Gasteiger partial charge in [0.1, 0.15) is 22.2 Å². The molecule has 8 heteroatoms. The van der Waals surface area contributed by atoms with Crippen molar-refractivity contribution in [2.75, 3.05) is 38.2 Å². The van der Waals surface area contributed by atoms with Gasteiger partial charge in [0.2, 0.25) is 0 Å². The molecule has 6 nitrogen and oxygen atoms in total. The summed E-state index contributed by atoms with van der Waals surface area (Å²) in [4.78, 5) is 14.5. The van der Waals surface area contributed by atoms with Gasteiger partial charge >= 0.3 is 0 Å². The second kappa shape index (κ2) is 8.62. The summed E-state index contributed by atoms with van der Waals surface area (Å²) in [5, 5.41) is 8.97. The monoisotopic (exact) mass is 426 g/mol. The van der Waals surface area contributed by atoms with E-state index in [0.717, 1.165) is 73.4 Å². The number of nitrogens with zero attached hydrogens (tertiary/aromatic N) is 3. The fourth-order valence-electron chi connectivity index (χ4n) is 3.52. The number of fused-ring (bicyclic) bond motifs is 1. The molecule has 29 heavy (non-hydrogen) atoms. The van der Waals surface area contributed by atoms with Crippen LogP contribution in [0.3, 0.4) is 0 Å². The van der Waals surface area contributed by atoms with Gasteiger partial charge in [-0.2, -0.15) is 0 Å². The van der Waals surface area contributed by atoms with E-state index in [9.17, 15) is 0 Å². The van der Waals surface area contributed by atoms with Crippen LogP contribution in [0.5, 0.6) is 0 Å². The van der Waals surface area contributed by atoms with Crippen LogP contribution in [0.1, 0.15) is 11.6 Å². The van der Waals surface area contributed by atoms with Crippen molar-refractivity contribution >= 4 is 38.7 Å². The number of morpholine rings is 1. The average molecular weight is 427 g/mol. The zero-order chi connectivity index (χ0) is 19.5. The minimum atomic E-state index is 0.748. The lowest BCUT2D eigenvalue weighted by atomic mass is 10.2. The van der Waals surface area contributed by atoms with Crippen LogP contribution in [0, 0.1) is 0 Å². The first-order chi connectivity index (χ1) is 14.4. The van der Waals surface area contributed by atoms with Crippen LogP contribution in [-0.2, 0) is 17.7 Å². The maximum Gasteiger partial charge on any atom is 0.146 e. The van der Waals surface area contributed by atoms with Crippen LogP contribution in [0.15, 0.2) is 45.7 Å². The maximum absolute atomic E-state index is 5.46. The van der Waals surface area contributed by atoms with Gasteiger partial charge in [-0.05, 0) is 23.6 Å². The van der Waals surface area contributed by atoms with E-state index in [4.69, 9.17) is 19.1 Å². The molecule has 0 saturated carbocycles. The van der Waals surface area contributed by atoms with Crippen LogP contribution in [-0.4, -0.2) is 47.7 Å². The summed E-state index contributed by atoms with van der Waals surface area (Å²) in [7, 11) is 0. The Morgan fingerprint density at radius 1 is 1.10 bits per heavy atom. The fraction of sp³-hybridized carbons (Fsp3) is 0.333. The quantitative estimate of drug-likeness (QED) is 0.469. The third-order valence-electron chi connectivity index (χ3n) is 4.98. The zero-order valence-electron chi connectivity index (χ0n) is 16.0. The number of thiophene rings is 2. The van der Waals surface area contributed by atoms with Crippen LogP contribution in [0.4, 0.5) is 5.82 Å². The molecule has 0 aliphatic carbocycles. The number of aromatic nitrogens is 2. The first kappa shape index (κ1) is 18.7. The molecule has 0 atom stereocenters. The minimum Gasteiger partial charge on any atom is -0.469 e. The topological polar surface area (TPSA) is 63.4 Å². The van der Waals surface area contributed by atoms with Crippen molar-refractivity contribution in [3.05, 3.63) is 52.9 Å². The Bertz CT molecular complexity index is 1050. The average Bonchev–Trinajstić information content (AvgIpc) is 3.50. The van der Waals surface area contributed by atoms with Crippen molar-refractivity contribution in [1.29, 1.82) is 0 Å². The molecule has 0 bridgehead atoms. The number of hydrogen-bond acceptors (Lipinski definition) is 8. The second-order valence-electron chi connectivity index (χ2n) is 6.94. The van der Waals surface area contributed by atoms with Crippen molar-refractivity contribution in [1.82, 2.24) is 14.9 Å². The SMILES string of the molecule is c1coc(CCNc2nc(CN3CCOCC3)nc3scc(-c4cccs4)c23)c1. The largest absolute Gasteiger partial charge is 0.469 e. The van der Waals surface area contributed by atoms with E-state index in [1.165, 1.54) is 10.4 Å². The summed E-state index contributed by atoms with van der Waals surface area (Å²) in [5.74, 6) is 2.74. The van der Waals surface area contributed by atoms with E-state index in [-0.39, 0.29) is 0 Å². The van der Waals surface area contributed by atoms with E-state index >= 15 is 0 Å². The highest BCUT2D eigenvalue weighted by Crippen LogP contribution is 2.39. The summed E-state index contributed by atoms with van der Waals surface area (Å²) >= 11 is 3.43. The molecule has 150 valence electrons. The van der Waals surface area contributed by atoms with E-state index in [0.29, 0.717) is 0 Å². The van der Waals surface area contributed by atoms with Crippen molar-refractivity contribution in [3.8, 4) is 10.4 Å². The van der Waals surface area contributed by atoms with Gasteiger partial charge in [0.25, 0.3) is 0 Å². The van der Waals surface area contributed by atoms with Crippen molar-refractivity contribution in [3.63, 3.8) is 0 Å². The highest BCUT2D eigenvalue weighted by atomic mass is 32.1. The summed E-state index contributed by atoms with van der Waals surface area (Å²) in [5.41, 5.74) is 1.21. The highest BCUT2D eigenvalue weighted by Gasteiger charge is 2.18. The van der Waals surface area contributed by atoms with Crippen LogP contribution >= 0.6 is 22.7 Å². The van der Waals surface area contributed by atoms with Gasteiger partial charge in [-0.25, -0.2) is 9.97 Å². The van der Waals surface area contributed by atoms with E-state index in [1.54, 1.807) is 28.9 Å². The molecule has 4 aromatic heterocycles. The highest BCUT2D eigenvalue weighted by molar-refractivity contribution is 7.18. The number of nitrogens with one attached hydrogen (secondary N) is 1. The molecule has 0 spiro atoms. The molecule has 1 aliphatic heterocycles. The van der Waals surface area contributed by atoms with E-state index < -0.39 is 0 Å². The second-order valence-corrected chi connectivity index (χ2v) is 8.75. The predicted octanol–water partition coefficient (Wildman–Crippen LogP) is 4.50. The normalized spacial score (nSPS) is 15.2. The van der Waals surface area contributed by atoms with Gasteiger partial charge in [0.15, 0.2) is 0 Å². The Morgan fingerprint density at radius 3 is 2.83 bits per heavy atom. The third kappa shape index (κ3) is 4.20. The smallest absolute Gasteiger partial charge is 0.146 e. The summed E-state index contributed by atoms with van der Waals surface area (Å²) in [6.45, 7) is 4.91. The van der Waals surface area contributed by atoms with Gasteiger partial charge < -0.3 is 14.5 Å². The molecule has 0 radical (unpaired) electrons. The molecule has 1 N–H and O–H groups in total. The predicted molar refractivity (Wildman–Crippen MR) is 118 cm³/mol. The molecular weight excluding hydrogens is 404 g/mol. The molecule has 5 heterocycles. The van der Waals surface area contributed by atoms with Gasteiger partial charge in [0, 0.05) is 41.9 Å². The van der Waals surface area contributed by atoms with Gasteiger partial charge in [-0.1, -0.05) is 6.07 Å². The summed E-state index contributed by atoms with van der Waals surface area (Å²) in [6, 6.07) is 8.16. The molecule has 5 rings (SSSR count). The first-order valence-electron chi connectivity index (χ1n) is 9.75. The maximum atomic E-state index is 5.46. The molecule has 0 amide bonds. The van der Waals surface area contributed by atoms with Crippen LogP contribution in [0.2, 0.25) is 0 Å². The lowest BCUT2D eigenvalue weighted by Gasteiger charge is -2.25. The number of anilines is 1. The minimum absolute atomic E-state index is 0.748. The molecule has 1 fully saturated rings. The van der Waals surface area contributed by atoms with Crippen molar-refractivity contribution in [2.45, 2.75) is 13.0 Å². The van der Waals surface area contributed by atoms with Crippen molar-refractivity contribution in [2.24, 2.45) is 0 Å². The number of hydrogen-bond donors (Lipinski definition) is 1. The molecule has 0 aromatic carbocycles. The molecule has 0 unspecified atom stereocenters. The number of rotatable bonds is 7. The van der Waals surface area contributed by atoms with Gasteiger partial charge in [0.05, 0.1) is 31.4 Å². The fourth-order valence-corrected chi connectivity index (χ4v) is 5.30. The van der Waals surface area contributed by atoms with Gasteiger partial charge in [-0.3, -0.25) is 4.90 Å². The lowest BCUT2D eigenvalue weighted by Crippen LogP contribution is -2.36. The Hall–Kier alpha value is -2.26. The third-order valence-corrected chi connectivity index (χ3v) is 6.75. The summed E-state index contributed by atoms with van der Waals surface area (Å²) < 4.78 is 10.9. The molecule has 4 aromatic rings. The first-order valence-corrected chi connectivity index (χ1v) is 11.5. The van der Waals surface area contributed by atoms with E-state index in [1.807, 2.05) is 12.1 Å². The van der Waals surface area contributed by atoms with E-state index in [2.05, 4.69) is 33.1 Å². The molecular formula is C21H22N4O2S2. The Balaban J connectivity index is 1.46. The number of furan rings is 1. The standard InChI is InChI=1S/C21H22N4O2S2/c1-3-15(27-9-1)5-6-22-20-19-16(17-4-2-12-28-17)14-29-21(19)24-18(23-20)13-25-7-10-26-11-8-25/h1-4,9,12,14H,5-8,10-11,13H2,(H,22,23,24). The zero-order valence-corrected chi connectivity index (χ0v) is 17.6. The van der Waals surface area contributed by atoms with Crippen molar-refractivity contribution < 1.29 is 9.15 Å². The number of ether oxygens (including phenoxy) is 1.